The Kier molecular flexibility index (Phi) is 9.54. The van der Waals surface area contributed by atoms with Gasteiger partial charge in [0.15, 0.2) is 0 Å². The van der Waals surface area contributed by atoms with Gasteiger partial charge in [0, 0.05) is 39.3 Å². The molecule has 108 valence electrons. The van der Waals surface area contributed by atoms with Gasteiger partial charge in [-0.15, -0.1) is 0 Å². The van der Waals surface area contributed by atoms with Crippen molar-refractivity contribution >= 4 is 0 Å². The van der Waals surface area contributed by atoms with Crippen LogP contribution in [0.3, 0.4) is 0 Å². The summed E-state index contributed by atoms with van der Waals surface area (Å²) in [5.74, 6) is 0.877. The summed E-state index contributed by atoms with van der Waals surface area (Å²) >= 11 is 0. The Morgan fingerprint density at radius 3 is 2.44 bits per heavy atom. The van der Waals surface area contributed by atoms with Gasteiger partial charge in [-0.3, -0.25) is 4.90 Å². The highest BCUT2D eigenvalue weighted by atomic mass is 15.2. The lowest BCUT2D eigenvalue weighted by molar-refractivity contribution is 0.241. The monoisotopic (exact) mass is 255 g/mol. The molecule has 3 nitrogen and oxygen atoms in total. The third-order valence-corrected chi connectivity index (χ3v) is 3.70. The molecule has 0 unspecified atom stereocenters. The van der Waals surface area contributed by atoms with E-state index in [0.29, 0.717) is 0 Å². The Morgan fingerprint density at radius 1 is 1.00 bits per heavy atom. The van der Waals surface area contributed by atoms with E-state index in [4.69, 9.17) is 0 Å². The molecular formula is C15H33N3. The van der Waals surface area contributed by atoms with Gasteiger partial charge in [-0.2, -0.15) is 0 Å². The molecule has 0 aromatic heterocycles. The number of piperazine rings is 1. The molecule has 1 heterocycles. The second-order valence-corrected chi connectivity index (χ2v) is 5.94. The van der Waals surface area contributed by atoms with E-state index < -0.39 is 0 Å². The molecule has 0 atom stereocenters. The zero-order valence-electron chi connectivity index (χ0n) is 12.5. The van der Waals surface area contributed by atoms with Crippen LogP contribution in [0.5, 0.6) is 0 Å². The highest BCUT2D eigenvalue weighted by molar-refractivity contribution is 4.68. The summed E-state index contributed by atoms with van der Waals surface area (Å²) in [7, 11) is 0. The molecular weight excluding hydrogens is 222 g/mol. The largest absolute Gasteiger partial charge is 0.315 e. The summed E-state index contributed by atoms with van der Waals surface area (Å²) in [4.78, 5) is 2.55. The molecule has 0 radical (unpaired) electrons. The lowest BCUT2D eigenvalue weighted by Gasteiger charge is -2.27. The van der Waals surface area contributed by atoms with E-state index in [-0.39, 0.29) is 0 Å². The van der Waals surface area contributed by atoms with Gasteiger partial charge in [0.05, 0.1) is 0 Å². The van der Waals surface area contributed by atoms with Gasteiger partial charge in [0.2, 0.25) is 0 Å². The smallest absolute Gasteiger partial charge is 0.0108 e. The normalized spacial score (nSPS) is 17.5. The predicted molar refractivity (Wildman–Crippen MR) is 80.1 cm³/mol. The van der Waals surface area contributed by atoms with Crippen molar-refractivity contribution in [2.24, 2.45) is 5.92 Å². The van der Waals surface area contributed by atoms with E-state index in [2.05, 4.69) is 29.4 Å². The number of nitrogens with one attached hydrogen (secondary N) is 2. The van der Waals surface area contributed by atoms with Crippen molar-refractivity contribution in [2.45, 2.75) is 46.0 Å². The second-order valence-electron chi connectivity index (χ2n) is 5.94. The molecule has 0 aromatic carbocycles. The lowest BCUT2D eigenvalue weighted by Crippen LogP contribution is -2.45. The Hall–Kier alpha value is -0.120. The van der Waals surface area contributed by atoms with Crippen LogP contribution in [-0.4, -0.2) is 50.7 Å². The van der Waals surface area contributed by atoms with Crippen molar-refractivity contribution in [1.82, 2.24) is 15.5 Å². The van der Waals surface area contributed by atoms with Gasteiger partial charge in [-0.25, -0.2) is 0 Å². The molecule has 1 fully saturated rings. The minimum Gasteiger partial charge on any atom is -0.315 e. The first kappa shape index (κ1) is 15.9. The maximum absolute atomic E-state index is 3.57. The van der Waals surface area contributed by atoms with Crippen LogP contribution in [0.1, 0.15) is 46.0 Å². The van der Waals surface area contributed by atoms with E-state index >= 15 is 0 Å². The summed E-state index contributed by atoms with van der Waals surface area (Å²) in [5.41, 5.74) is 0. The van der Waals surface area contributed by atoms with Crippen molar-refractivity contribution in [2.75, 3.05) is 45.8 Å². The van der Waals surface area contributed by atoms with E-state index in [1.807, 2.05) is 0 Å². The second kappa shape index (κ2) is 10.8. The molecule has 0 spiro atoms. The van der Waals surface area contributed by atoms with Crippen molar-refractivity contribution in [3.63, 3.8) is 0 Å². The number of nitrogens with zero attached hydrogens (tertiary/aromatic N) is 1. The van der Waals surface area contributed by atoms with E-state index in [1.54, 1.807) is 0 Å². The predicted octanol–water partition coefficient (Wildman–Crippen LogP) is 2.09. The molecule has 0 aromatic rings. The number of hydrogen-bond donors (Lipinski definition) is 2. The zero-order chi connectivity index (χ0) is 13.1. The van der Waals surface area contributed by atoms with Crippen molar-refractivity contribution in [1.29, 1.82) is 0 Å². The topological polar surface area (TPSA) is 27.3 Å². The van der Waals surface area contributed by atoms with Crippen LogP contribution < -0.4 is 10.6 Å². The molecule has 1 aliphatic heterocycles. The molecule has 0 amide bonds. The first-order valence-corrected chi connectivity index (χ1v) is 7.93. The van der Waals surface area contributed by atoms with Crippen LogP contribution >= 0.6 is 0 Å². The quantitative estimate of drug-likeness (QED) is 0.585. The molecule has 0 aliphatic carbocycles. The Balaban J connectivity index is 1.75. The lowest BCUT2D eigenvalue weighted by atomic mass is 10.0. The molecule has 18 heavy (non-hydrogen) atoms. The number of hydrogen-bond acceptors (Lipinski definition) is 3. The fourth-order valence-electron chi connectivity index (χ4n) is 2.45. The van der Waals surface area contributed by atoms with Gasteiger partial charge >= 0.3 is 0 Å². The van der Waals surface area contributed by atoms with Crippen LogP contribution in [0, 0.1) is 5.92 Å². The average Bonchev–Trinajstić information content (AvgIpc) is 2.37. The molecule has 2 N–H and O–H groups in total. The van der Waals surface area contributed by atoms with Crippen LogP contribution in [-0.2, 0) is 0 Å². The van der Waals surface area contributed by atoms with Gasteiger partial charge < -0.3 is 10.6 Å². The molecule has 0 bridgehead atoms. The summed E-state index contributed by atoms with van der Waals surface area (Å²) < 4.78 is 0. The average molecular weight is 255 g/mol. The van der Waals surface area contributed by atoms with E-state index in [0.717, 1.165) is 25.6 Å². The number of rotatable bonds is 10. The standard InChI is InChI=1S/C15H33N3/c1-15(2)7-5-3-4-6-8-16-9-12-18-13-10-17-11-14-18/h15-17H,3-14H2,1-2H3. The summed E-state index contributed by atoms with van der Waals surface area (Å²) in [5, 5.41) is 6.96. The third kappa shape index (κ3) is 8.90. The van der Waals surface area contributed by atoms with Crippen LogP contribution in [0.4, 0.5) is 0 Å². The maximum atomic E-state index is 3.57. The van der Waals surface area contributed by atoms with E-state index in [1.165, 1.54) is 58.3 Å². The summed E-state index contributed by atoms with van der Waals surface area (Å²) in [6.07, 6.45) is 6.97. The molecule has 0 saturated carbocycles. The zero-order valence-corrected chi connectivity index (χ0v) is 12.5. The van der Waals surface area contributed by atoms with Crippen molar-refractivity contribution in [3.05, 3.63) is 0 Å². The molecule has 3 heteroatoms. The first-order chi connectivity index (χ1) is 8.79. The Bertz CT molecular complexity index is 177. The minimum atomic E-state index is 0.877. The molecule has 1 aliphatic rings. The summed E-state index contributed by atoms with van der Waals surface area (Å²) in [6.45, 7) is 13.0. The fourth-order valence-corrected chi connectivity index (χ4v) is 2.45. The van der Waals surface area contributed by atoms with Crippen LogP contribution in [0.2, 0.25) is 0 Å². The van der Waals surface area contributed by atoms with Gasteiger partial charge in [0.1, 0.15) is 0 Å². The van der Waals surface area contributed by atoms with Gasteiger partial charge in [-0.05, 0) is 18.9 Å². The highest BCUT2D eigenvalue weighted by Crippen LogP contribution is 2.08. The first-order valence-electron chi connectivity index (χ1n) is 7.93. The highest BCUT2D eigenvalue weighted by Gasteiger charge is 2.07. The number of unbranched alkanes of at least 4 members (excludes halogenated alkanes) is 3. The molecule has 1 rings (SSSR count). The Morgan fingerprint density at radius 2 is 1.72 bits per heavy atom. The van der Waals surface area contributed by atoms with Crippen LogP contribution in [0.25, 0.3) is 0 Å². The minimum absolute atomic E-state index is 0.877. The third-order valence-electron chi connectivity index (χ3n) is 3.70. The molecule has 1 saturated heterocycles. The van der Waals surface area contributed by atoms with Gasteiger partial charge in [-0.1, -0.05) is 39.5 Å². The summed E-state index contributed by atoms with van der Waals surface area (Å²) in [6, 6.07) is 0. The fraction of sp³-hybridized carbons (Fsp3) is 1.00. The van der Waals surface area contributed by atoms with Crippen molar-refractivity contribution < 1.29 is 0 Å². The van der Waals surface area contributed by atoms with E-state index in [9.17, 15) is 0 Å². The van der Waals surface area contributed by atoms with Crippen LogP contribution in [0.15, 0.2) is 0 Å². The SMILES string of the molecule is CC(C)CCCCCCNCCN1CCNCC1. The Labute approximate surface area is 114 Å². The maximum Gasteiger partial charge on any atom is 0.0108 e. The van der Waals surface area contributed by atoms with Gasteiger partial charge in [0.25, 0.3) is 0 Å². The van der Waals surface area contributed by atoms with Crippen molar-refractivity contribution in [3.8, 4) is 0 Å².